The van der Waals surface area contributed by atoms with E-state index in [1.807, 2.05) is 12.1 Å². The molecule has 0 N–H and O–H groups in total. The van der Waals surface area contributed by atoms with E-state index in [1.165, 1.54) is 68.0 Å². The Labute approximate surface area is 167 Å². The van der Waals surface area contributed by atoms with Crippen molar-refractivity contribution >= 4 is 19.9 Å². The summed E-state index contributed by atoms with van der Waals surface area (Å²) in [5.41, 5.74) is 1.39. The maximum Gasteiger partial charge on any atom is 0.250 e. The van der Waals surface area contributed by atoms with Crippen molar-refractivity contribution in [2.24, 2.45) is 5.92 Å². The fourth-order valence-electron chi connectivity index (χ4n) is 4.46. The van der Waals surface area contributed by atoms with Crippen LogP contribution in [0.3, 0.4) is 0 Å². The van der Waals surface area contributed by atoms with Crippen LogP contribution >= 0.6 is 11.6 Å². The van der Waals surface area contributed by atoms with Gasteiger partial charge in [0.05, 0.1) is 5.76 Å². The Bertz CT molecular complexity index is 535. The van der Waals surface area contributed by atoms with Gasteiger partial charge in [0.15, 0.2) is 0 Å². The fraction of sp³-hybridized carbons (Fsp3) is 0.652. The SMILES string of the molecule is CCC[Si](CCC)(CCC)OC1=CC(CCc2ccc(Cl)cc2)CCC1. The molecule has 0 bridgehead atoms. The number of halogens is 1. The van der Waals surface area contributed by atoms with E-state index < -0.39 is 8.32 Å². The predicted octanol–water partition coefficient (Wildman–Crippen LogP) is 8.15. The molecule has 0 fully saturated rings. The largest absolute Gasteiger partial charge is 0.547 e. The molecular formula is C23H37ClOSi. The molecule has 1 aliphatic rings. The molecule has 1 aromatic rings. The highest BCUT2D eigenvalue weighted by Crippen LogP contribution is 2.34. The lowest BCUT2D eigenvalue weighted by Crippen LogP contribution is -2.37. The highest BCUT2D eigenvalue weighted by molar-refractivity contribution is 6.74. The Kier molecular flexibility index (Phi) is 9.28. The predicted molar refractivity (Wildman–Crippen MR) is 117 cm³/mol. The van der Waals surface area contributed by atoms with Crippen LogP contribution in [0.4, 0.5) is 0 Å². The van der Waals surface area contributed by atoms with Crippen molar-refractivity contribution in [1.82, 2.24) is 0 Å². The van der Waals surface area contributed by atoms with Gasteiger partial charge in [-0.15, -0.1) is 0 Å². The van der Waals surface area contributed by atoms with Crippen LogP contribution in [0.5, 0.6) is 0 Å². The smallest absolute Gasteiger partial charge is 0.250 e. The van der Waals surface area contributed by atoms with Gasteiger partial charge in [-0.3, -0.25) is 0 Å². The zero-order valence-electron chi connectivity index (χ0n) is 17.0. The van der Waals surface area contributed by atoms with Crippen molar-refractivity contribution < 1.29 is 4.43 Å². The fourth-order valence-corrected chi connectivity index (χ4v) is 9.10. The number of rotatable bonds is 11. The molecule has 1 aromatic carbocycles. The Morgan fingerprint density at radius 3 is 2.19 bits per heavy atom. The topological polar surface area (TPSA) is 9.23 Å². The Morgan fingerprint density at radius 1 is 1.00 bits per heavy atom. The molecule has 146 valence electrons. The van der Waals surface area contributed by atoms with Gasteiger partial charge in [0.1, 0.15) is 0 Å². The lowest BCUT2D eigenvalue weighted by Gasteiger charge is -2.35. The molecule has 0 saturated heterocycles. The van der Waals surface area contributed by atoms with E-state index in [2.05, 4.69) is 39.0 Å². The molecule has 26 heavy (non-hydrogen) atoms. The van der Waals surface area contributed by atoms with Crippen LogP contribution in [0.25, 0.3) is 0 Å². The minimum Gasteiger partial charge on any atom is -0.547 e. The summed E-state index contributed by atoms with van der Waals surface area (Å²) >= 11 is 6.00. The molecule has 0 saturated carbocycles. The summed E-state index contributed by atoms with van der Waals surface area (Å²) in [6, 6.07) is 12.3. The average Bonchev–Trinajstić information content (AvgIpc) is 2.62. The summed E-state index contributed by atoms with van der Waals surface area (Å²) < 4.78 is 6.88. The molecule has 3 heteroatoms. The van der Waals surface area contributed by atoms with Gasteiger partial charge in [-0.25, -0.2) is 0 Å². The van der Waals surface area contributed by atoms with Gasteiger partial charge in [0, 0.05) is 11.4 Å². The van der Waals surface area contributed by atoms with E-state index in [9.17, 15) is 0 Å². The number of hydrogen-bond acceptors (Lipinski definition) is 1. The first kappa shape index (κ1) is 21.6. The van der Waals surface area contributed by atoms with Gasteiger partial charge in [-0.2, -0.15) is 0 Å². The molecule has 1 aliphatic carbocycles. The Balaban J connectivity index is 1.99. The van der Waals surface area contributed by atoms with Crippen molar-refractivity contribution in [2.45, 2.75) is 90.3 Å². The van der Waals surface area contributed by atoms with Crippen molar-refractivity contribution in [3.63, 3.8) is 0 Å². The molecule has 0 radical (unpaired) electrons. The number of benzene rings is 1. The Hall–Kier alpha value is -0.733. The minimum absolute atomic E-state index is 0.672. The molecule has 1 unspecified atom stereocenters. The van der Waals surface area contributed by atoms with Crippen molar-refractivity contribution in [3.05, 3.63) is 46.7 Å². The highest BCUT2D eigenvalue weighted by atomic mass is 35.5. The maximum atomic E-state index is 6.88. The van der Waals surface area contributed by atoms with Crippen LogP contribution in [0.15, 0.2) is 36.1 Å². The van der Waals surface area contributed by atoms with Crippen molar-refractivity contribution in [1.29, 1.82) is 0 Å². The van der Waals surface area contributed by atoms with E-state index in [1.54, 1.807) is 0 Å². The van der Waals surface area contributed by atoms with Crippen molar-refractivity contribution in [3.8, 4) is 0 Å². The summed E-state index contributed by atoms with van der Waals surface area (Å²) in [5, 5.41) is 0.825. The lowest BCUT2D eigenvalue weighted by atomic mass is 9.89. The zero-order valence-corrected chi connectivity index (χ0v) is 18.8. The third kappa shape index (κ3) is 6.77. The van der Waals surface area contributed by atoms with Crippen LogP contribution < -0.4 is 0 Å². The number of allylic oxidation sites excluding steroid dienone is 2. The van der Waals surface area contributed by atoms with E-state index in [-0.39, 0.29) is 0 Å². The maximum absolute atomic E-state index is 6.88. The van der Waals surface area contributed by atoms with Crippen LogP contribution in [-0.2, 0) is 10.8 Å². The molecule has 0 heterocycles. The van der Waals surface area contributed by atoms with Gasteiger partial charge in [0.2, 0.25) is 0 Å². The third-order valence-electron chi connectivity index (χ3n) is 5.60. The van der Waals surface area contributed by atoms with Crippen molar-refractivity contribution in [2.75, 3.05) is 0 Å². The molecule has 0 aromatic heterocycles. The van der Waals surface area contributed by atoms with Gasteiger partial charge in [-0.05, 0) is 73.5 Å². The first-order valence-corrected chi connectivity index (χ1v) is 13.7. The molecule has 0 spiro atoms. The summed E-state index contributed by atoms with van der Waals surface area (Å²) in [4.78, 5) is 0. The minimum atomic E-state index is -1.59. The summed E-state index contributed by atoms with van der Waals surface area (Å²) in [7, 11) is -1.59. The van der Waals surface area contributed by atoms with Crippen LogP contribution in [0.2, 0.25) is 23.2 Å². The summed E-state index contributed by atoms with van der Waals surface area (Å²) in [6.07, 6.45) is 12.4. The van der Waals surface area contributed by atoms with Gasteiger partial charge >= 0.3 is 0 Å². The van der Waals surface area contributed by atoms with E-state index in [0.29, 0.717) is 5.92 Å². The lowest BCUT2D eigenvalue weighted by molar-refractivity contribution is 0.338. The third-order valence-corrected chi connectivity index (χ3v) is 10.8. The molecule has 1 atom stereocenters. The second-order valence-electron chi connectivity index (χ2n) is 7.99. The molecule has 0 amide bonds. The molecule has 2 rings (SSSR count). The highest BCUT2D eigenvalue weighted by Gasteiger charge is 2.35. The van der Waals surface area contributed by atoms with Crippen LogP contribution in [0.1, 0.15) is 71.3 Å². The van der Waals surface area contributed by atoms with Crippen LogP contribution in [-0.4, -0.2) is 8.32 Å². The van der Waals surface area contributed by atoms with E-state index in [0.717, 1.165) is 17.9 Å². The summed E-state index contributed by atoms with van der Waals surface area (Å²) in [6.45, 7) is 6.96. The number of aryl methyl sites for hydroxylation is 1. The standard InChI is InChI=1S/C23H37ClOSi/c1-4-16-26(17-5-2,18-6-3)25-23-9-7-8-21(19-23)11-10-20-12-14-22(24)15-13-20/h12-15,19,21H,4-11,16-18H2,1-3H3. The van der Waals surface area contributed by atoms with Crippen LogP contribution in [0, 0.1) is 5.92 Å². The zero-order chi connectivity index (χ0) is 18.8. The molecule has 1 nitrogen and oxygen atoms in total. The second-order valence-corrected chi connectivity index (χ2v) is 12.5. The second kappa shape index (κ2) is 11.2. The van der Waals surface area contributed by atoms with Gasteiger partial charge in [-0.1, -0.05) is 63.8 Å². The summed E-state index contributed by atoms with van der Waals surface area (Å²) in [5.74, 6) is 2.00. The number of hydrogen-bond donors (Lipinski definition) is 0. The molecule has 0 aliphatic heterocycles. The first-order valence-electron chi connectivity index (χ1n) is 10.7. The van der Waals surface area contributed by atoms with Gasteiger partial charge < -0.3 is 4.43 Å². The van der Waals surface area contributed by atoms with E-state index in [4.69, 9.17) is 16.0 Å². The van der Waals surface area contributed by atoms with Gasteiger partial charge in [0.25, 0.3) is 8.32 Å². The normalized spacial score (nSPS) is 17.8. The quantitative estimate of drug-likeness (QED) is 0.345. The first-order chi connectivity index (χ1) is 12.6. The molecular weight excluding hydrogens is 356 g/mol. The average molecular weight is 393 g/mol. The Morgan fingerprint density at radius 2 is 1.62 bits per heavy atom. The van der Waals surface area contributed by atoms with E-state index >= 15 is 0 Å². The monoisotopic (exact) mass is 392 g/mol.